The Morgan fingerprint density at radius 2 is 1.61 bits per heavy atom. The number of amides is 2. The summed E-state index contributed by atoms with van der Waals surface area (Å²) in [6.45, 7) is 6.51. The van der Waals surface area contributed by atoms with E-state index in [1.54, 1.807) is 6.20 Å². The van der Waals surface area contributed by atoms with Gasteiger partial charge in [0.1, 0.15) is 5.82 Å². The van der Waals surface area contributed by atoms with Gasteiger partial charge >= 0.3 is 0 Å². The minimum atomic E-state index is 0.0808. The van der Waals surface area contributed by atoms with Crippen LogP contribution in [-0.4, -0.2) is 65.9 Å². The average molecular weight is 483 g/mol. The monoisotopic (exact) mass is 482 g/mol. The van der Waals surface area contributed by atoms with Crippen molar-refractivity contribution in [1.82, 2.24) is 14.8 Å². The Morgan fingerprint density at radius 3 is 2.33 bits per heavy atom. The molecule has 186 valence electrons. The number of aromatic nitrogens is 1. The lowest BCUT2D eigenvalue weighted by Gasteiger charge is -2.36. The van der Waals surface area contributed by atoms with Gasteiger partial charge in [-0.1, -0.05) is 37.3 Å². The number of hydrogen-bond donors (Lipinski definition) is 0. The van der Waals surface area contributed by atoms with Crippen LogP contribution in [0.4, 0.5) is 5.82 Å². The largest absolute Gasteiger partial charge is 0.353 e. The molecule has 2 aromatic carbocycles. The second-order valence-corrected chi connectivity index (χ2v) is 9.73. The van der Waals surface area contributed by atoms with Crippen LogP contribution in [0.2, 0.25) is 0 Å². The van der Waals surface area contributed by atoms with Gasteiger partial charge in [0.05, 0.1) is 0 Å². The van der Waals surface area contributed by atoms with Crippen LogP contribution < -0.4 is 4.90 Å². The lowest BCUT2D eigenvalue weighted by Crippen LogP contribution is -2.49. The van der Waals surface area contributed by atoms with Gasteiger partial charge < -0.3 is 14.7 Å². The SMILES string of the molecule is CCc1ccc(C(=O)N2CCC[C@H](c3cccc(C(=O)N4CCN(c5ccccn5)CC4)c3)C2)cc1. The second kappa shape index (κ2) is 10.9. The smallest absolute Gasteiger partial charge is 0.253 e. The number of aryl methyl sites for hydroxylation is 1. The predicted molar refractivity (Wildman–Crippen MR) is 142 cm³/mol. The quantitative estimate of drug-likeness (QED) is 0.532. The third-order valence-electron chi connectivity index (χ3n) is 7.46. The van der Waals surface area contributed by atoms with Crippen LogP contribution in [0, 0.1) is 0 Å². The molecular formula is C30H34N4O2. The van der Waals surface area contributed by atoms with Crippen molar-refractivity contribution in [2.24, 2.45) is 0 Å². The average Bonchev–Trinajstić information content (AvgIpc) is 2.97. The molecule has 1 atom stereocenters. The summed E-state index contributed by atoms with van der Waals surface area (Å²) in [6.07, 6.45) is 4.77. The molecule has 0 aliphatic carbocycles. The van der Waals surface area contributed by atoms with E-state index in [9.17, 15) is 9.59 Å². The summed E-state index contributed by atoms with van der Waals surface area (Å²) in [5.41, 5.74) is 3.87. The fourth-order valence-electron chi connectivity index (χ4n) is 5.29. The van der Waals surface area contributed by atoms with Crippen LogP contribution in [0.3, 0.4) is 0 Å². The van der Waals surface area contributed by atoms with E-state index >= 15 is 0 Å². The zero-order valence-corrected chi connectivity index (χ0v) is 21.0. The molecule has 2 amide bonds. The molecule has 0 N–H and O–H groups in total. The standard InChI is InChI=1S/C30H34N4O2/c1-2-23-11-13-24(14-12-23)29(35)34-16-6-9-27(22-34)25-7-5-8-26(21-25)30(36)33-19-17-32(18-20-33)28-10-3-4-15-31-28/h3-5,7-8,10-15,21,27H,2,6,9,16-20,22H2,1H3/t27-/m0/s1. The molecule has 6 nitrogen and oxygen atoms in total. The molecule has 0 bridgehead atoms. The van der Waals surface area contributed by atoms with Crippen molar-refractivity contribution < 1.29 is 9.59 Å². The van der Waals surface area contributed by atoms with E-state index in [1.165, 1.54) is 5.56 Å². The molecular weight excluding hydrogens is 448 g/mol. The summed E-state index contributed by atoms with van der Waals surface area (Å²) in [7, 11) is 0. The predicted octanol–water partition coefficient (Wildman–Crippen LogP) is 4.63. The van der Waals surface area contributed by atoms with Gasteiger partial charge in [-0.25, -0.2) is 4.98 Å². The van der Waals surface area contributed by atoms with Crippen molar-refractivity contribution in [2.75, 3.05) is 44.2 Å². The topological polar surface area (TPSA) is 56.8 Å². The van der Waals surface area contributed by atoms with Crippen molar-refractivity contribution >= 4 is 17.6 Å². The maximum Gasteiger partial charge on any atom is 0.253 e. The number of anilines is 1. The number of pyridine rings is 1. The normalized spacial score (nSPS) is 18.2. The van der Waals surface area contributed by atoms with Gasteiger partial charge in [-0.15, -0.1) is 0 Å². The maximum atomic E-state index is 13.3. The first kappa shape index (κ1) is 24.0. The number of benzene rings is 2. The van der Waals surface area contributed by atoms with Crippen molar-refractivity contribution in [3.05, 3.63) is 95.2 Å². The molecule has 3 heterocycles. The van der Waals surface area contributed by atoms with Gasteiger partial charge in [0.15, 0.2) is 0 Å². The molecule has 36 heavy (non-hydrogen) atoms. The fraction of sp³-hybridized carbons (Fsp3) is 0.367. The van der Waals surface area contributed by atoms with Crippen molar-refractivity contribution in [3.63, 3.8) is 0 Å². The Kier molecular flexibility index (Phi) is 7.31. The van der Waals surface area contributed by atoms with E-state index in [4.69, 9.17) is 0 Å². The number of rotatable bonds is 5. The molecule has 2 saturated heterocycles. The Bertz CT molecular complexity index is 1190. The van der Waals surface area contributed by atoms with Gasteiger partial charge in [0.2, 0.25) is 0 Å². The lowest BCUT2D eigenvalue weighted by atomic mass is 9.89. The van der Waals surface area contributed by atoms with E-state index in [0.29, 0.717) is 19.6 Å². The van der Waals surface area contributed by atoms with Gasteiger partial charge in [-0.3, -0.25) is 9.59 Å². The van der Waals surface area contributed by atoms with Crippen molar-refractivity contribution in [2.45, 2.75) is 32.1 Å². The fourth-order valence-corrected chi connectivity index (χ4v) is 5.29. The van der Waals surface area contributed by atoms with Gasteiger partial charge in [0.25, 0.3) is 11.8 Å². The van der Waals surface area contributed by atoms with E-state index in [1.807, 2.05) is 70.5 Å². The third-order valence-corrected chi connectivity index (χ3v) is 7.46. The number of nitrogens with zero attached hydrogens (tertiary/aromatic N) is 4. The minimum Gasteiger partial charge on any atom is -0.353 e. The first-order chi connectivity index (χ1) is 17.6. The van der Waals surface area contributed by atoms with E-state index in [-0.39, 0.29) is 17.7 Å². The van der Waals surface area contributed by atoms with Gasteiger partial charge in [0, 0.05) is 62.5 Å². The number of hydrogen-bond acceptors (Lipinski definition) is 4. The lowest BCUT2D eigenvalue weighted by molar-refractivity contribution is 0.0704. The summed E-state index contributed by atoms with van der Waals surface area (Å²) in [4.78, 5) is 37.0. The molecule has 3 aromatic rings. The summed E-state index contributed by atoms with van der Waals surface area (Å²) in [5, 5.41) is 0. The molecule has 2 aliphatic heterocycles. The molecule has 2 aliphatic rings. The number of carbonyl (C=O) groups is 2. The molecule has 0 unspecified atom stereocenters. The summed E-state index contributed by atoms with van der Waals surface area (Å²) in [5.74, 6) is 1.38. The second-order valence-electron chi connectivity index (χ2n) is 9.73. The molecule has 2 fully saturated rings. The zero-order valence-electron chi connectivity index (χ0n) is 21.0. The van der Waals surface area contributed by atoms with Crippen LogP contribution in [0.25, 0.3) is 0 Å². The number of carbonyl (C=O) groups excluding carboxylic acids is 2. The number of piperidine rings is 1. The van der Waals surface area contributed by atoms with Crippen LogP contribution in [-0.2, 0) is 6.42 Å². The first-order valence-electron chi connectivity index (χ1n) is 13.1. The molecule has 6 heteroatoms. The Balaban J connectivity index is 1.23. The minimum absolute atomic E-state index is 0.0808. The zero-order chi connectivity index (χ0) is 24.9. The maximum absolute atomic E-state index is 13.3. The highest BCUT2D eigenvalue weighted by molar-refractivity contribution is 5.95. The Hall–Kier alpha value is -3.67. The van der Waals surface area contributed by atoms with Crippen molar-refractivity contribution in [1.29, 1.82) is 0 Å². The van der Waals surface area contributed by atoms with E-state index in [0.717, 1.165) is 61.4 Å². The van der Waals surface area contributed by atoms with E-state index < -0.39 is 0 Å². The molecule has 0 radical (unpaired) electrons. The Labute approximate surface area is 213 Å². The molecule has 1 aromatic heterocycles. The van der Waals surface area contributed by atoms with Crippen LogP contribution in [0.15, 0.2) is 72.9 Å². The van der Waals surface area contributed by atoms with Crippen molar-refractivity contribution in [3.8, 4) is 0 Å². The van der Waals surface area contributed by atoms with Crippen LogP contribution in [0.1, 0.15) is 57.5 Å². The van der Waals surface area contributed by atoms with Gasteiger partial charge in [-0.05, 0) is 66.8 Å². The number of piperazine rings is 1. The first-order valence-corrected chi connectivity index (χ1v) is 13.1. The summed E-state index contributed by atoms with van der Waals surface area (Å²) >= 11 is 0. The summed E-state index contributed by atoms with van der Waals surface area (Å²) < 4.78 is 0. The molecule has 5 rings (SSSR count). The summed E-state index contributed by atoms with van der Waals surface area (Å²) in [6, 6.07) is 21.9. The highest BCUT2D eigenvalue weighted by Crippen LogP contribution is 2.29. The van der Waals surface area contributed by atoms with Crippen LogP contribution >= 0.6 is 0 Å². The highest BCUT2D eigenvalue weighted by atomic mass is 16.2. The number of likely N-dealkylation sites (tertiary alicyclic amines) is 1. The van der Waals surface area contributed by atoms with E-state index in [2.05, 4.69) is 22.9 Å². The molecule has 0 spiro atoms. The Morgan fingerprint density at radius 1 is 0.833 bits per heavy atom. The third kappa shape index (κ3) is 5.27. The van der Waals surface area contributed by atoms with Gasteiger partial charge in [-0.2, -0.15) is 0 Å². The van der Waals surface area contributed by atoms with Crippen LogP contribution in [0.5, 0.6) is 0 Å². The highest BCUT2D eigenvalue weighted by Gasteiger charge is 2.27. The molecule has 0 saturated carbocycles.